The lowest BCUT2D eigenvalue weighted by molar-refractivity contribution is 0.0600. The molecule has 0 spiro atoms. The minimum absolute atomic E-state index is 0.341. The van der Waals surface area contributed by atoms with Gasteiger partial charge in [-0.3, -0.25) is 0 Å². The molecule has 0 atom stereocenters. The van der Waals surface area contributed by atoms with Crippen molar-refractivity contribution in [3.05, 3.63) is 84.1 Å². The van der Waals surface area contributed by atoms with Crippen molar-refractivity contribution in [2.45, 2.75) is 13.0 Å². The number of ether oxygens (including phenoxy) is 1. The molecule has 0 saturated heterocycles. The number of carbonyl (C=O) groups excluding carboxylic acids is 1. The van der Waals surface area contributed by atoms with E-state index in [0.717, 1.165) is 42.1 Å². The topological polar surface area (TPSA) is 74.0 Å². The van der Waals surface area contributed by atoms with Gasteiger partial charge in [-0.05, 0) is 36.4 Å². The molecule has 150 valence electrons. The minimum atomic E-state index is -0.341. The summed E-state index contributed by atoms with van der Waals surface area (Å²) in [4.78, 5) is 15.8. The first kappa shape index (κ1) is 18.3. The Hall–Kier alpha value is -3.71. The first-order chi connectivity index (χ1) is 14.7. The van der Waals surface area contributed by atoms with Gasteiger partial charge < -0.3 is 14.6 Å². The molecule has 0 saturated carbocycles. The van der Waals surface area contributed by atoms with Gasteiger partial charge in [-0.25, -0.2) is 14.5 Å². The maximum absolute atomic E-state index is 11.7. The fourth-order valence-electron chi connectivity index (χ4n) is 3.85. The molecule has 0 amide bonds. The number of rotatable bonds is 4. The Morgan fingerprint density at radius 2 is 1.83 bits per heavy atom. The Kier molecular flexibility index (Phi) is 4.65. The van der Waals surface area contributed by atoms with E-state index in [1.54, 1.807) is 24.7 Å². The summed E-state index contributed by atoms with van der Waals surface area (Å²) in [6.07, 6.45) is 6.37. The lowest BCUT2D eigenvalue weighted by Crippen LogP contribution is -2.24. The van der Waals surface area contributed by atoms with Gasteiger partial charge in [0.25, 0.3) is 0 Å². The summed E-state index contributed by atoms with van der Waals surface area (Å²) in [5.74, 6) is -0.341. The highest BCUT2D eigenvalue weighted by atomic mass is 16.5. The molecule has 4 aromatic rings. The van der Waals surface area contributed by atoms with Crippen LogP contribution in [-0.2, 0) is 17.7 Å². The van der Waals surface area contributed by atoms with Crippen LogP contribution in [0.15, 0.2) is 67.3 Å². The van der Waals surface area contributed by atoms with E-state index in [1.165, 1.54) is 18.4 Å². The molecule has 0 radical (unpaired) electrons. The molecule has 0 bridgehead atoms. The zero-order chi connectivity index (χ0) is 20.5. The average molecular weight is 399 g/mol. The summed E-state index contributed by atoms with van der Waals surface area (Å²) in [6.45, 7) is 1.70. The van der Waals surface area contributed by atoms with E-state index in [4.69, 9.17) is 9.84 Å². The highest BCUT2D eigenvalue weighted by Crippen LogP contribution is 2.30. The second-order valence-corrected chi connectivity index (χ2v) is 7.17. The molecular formula is C23H21N5O2. The van der Waals surface area contributed by atoms with Gasteiger partial charge >= 0.3 is 5.97 Å². The van der Waals surface area contributed by atoms with Crippen molar-refractivity contribution in [2.24, 2.45) is 0 Å². The van der Waals surface area contributed by atoms with Crippen LogP contribution in [0, 0.1) is 0 Å². The molecule has 1 aliphatic heterocycles. The van der Waals surface area contributed by atoms with Crippen molar-refractivity contribution in [2.75, 3.05) is 13.7 Å². The molecule has 7 nitrogen and oxygen atoms in total. The average Bonchev–Trinajstić information content (AvgIpc) is 3.47. The van der Waals surface area contributed by atoms with Crippen LogP contribution >= 0.6 is 0 Å². The van der Waals surface area contributed by atoms with Crippen LogP contribution in [0.2, 0.25) is 0 Å². The fraction of sp³-hybridized carbons (Fsp3) is 0.174. The van der Waals surface area contributed by atoms with Gasteiger partial charge in [0.2, 0.25) is 0 Å². The summed E-state index contributed by atoms with van der Waals surface area (Å²) in [5.41, 5.74) is 6.99. The SMILES string of the molecule is COC(=O)c1ccc(-n2nc(-c3ccc(-n4ccnc4)cc3)c3c2CCNC3)cc1. The zero-order valence-corrected chi connectivity index (χ0v) is 16.6. The number of nitrogens with one attached hydrogen (secondary N) is 1. The maximum Gasteiger partial charge on any atom is 0.337 e. The van der Waals surface area contributed by atoms with E-state index < -0.39 is 0 Å². The predicted octanol–water partition coefficient (Wildman–Crippen LogP) is 3.16. The van der Waals surface area contributed by atoms with Crippen LogP contribution in [0.1, 0.15) is 21.6 Å². The van der Waals surface area contributed by atoms with Crippen molar-refractivity contribution < 1.29 is 9.53 Å². The number of nitrogens with zero attached hydrogens (tertiary/aromatic N) is 4. The Labute approximate surface area is 173 Å². The third-order valence-electron chi connectivity index (χ3n) is 5.41. The number of aromatic nitrogens is 4. The zero-order valence-electron chi connectivity index (χ0n) is 16.6. The molecule has 7 heteroatoms. The van der Waals surface area contributed by atoms with Crippen LogP contribution in [0.3, 0.4) is 0 Å². The van der Waals surface area contributed by atoms with Gasteiger partial charge in [0.05, 0.1) is 36.1 Å². The predicted molar refractivity (Wildman–Crippen MR) is 113 cm³/mol. The monoisotopic (exact) mass is 399 g/mol. The number of esters is 1. The Morgan fingerprint density at radius 3 is 2.53 bits per heavy atom. The molecule has 5 rings (SSSR count). The summed E-state index contributed by atoms with van der Waals surface area (Å²) < 4.78 is 8.77. The van der Waals surface area contributed by atoms with E-state index in [2.05, 4.69) is 34.6 Å². The number of hydrogen-bond donors (Lipinski definition) is 1. The third kappa shape index (κ3) is 3.19. The normalized spacial score (nSPS) is 13.1. The Bertz CT molecular complexity index is 1180. The number of hydrogen-bond acceptors (Lipinski definition) is 5. The van der Waals surface area contributed by atoms with Crippen molar-refractivity contribution >= 4 is 5.97 Å². The lowest BCUT2D eigenvalue weighted by Gasteiger charge is -2.16. The summed E-state index contributed by atoms with van der Waals surface area (Å²) >= 11 is 0. The minimum Gasteiger partial charge on any atom is -0.465 e. The van der Waals surface area contributed by atoms with Crippen LogP contribution < -0.4 is 5.32 Å². The van der Waals surface area contributed by atoms with Crippen LogP contribution in [-0.4, -0.2) is 39.0 Å². The highest BCUT2D eigenvalue weighted by Gasteiger charge is 2.22. The fourth-order valence-corrected chi connectivity index (χ4v) is 3.85. The molecule has 2 aromatic heterocycles. The van der Waals surface area contributed by atoms with Crippen molar-refractivity contribution in [1.82, 2.24) is 24.6 Å². The molecule has 0 aliphatic carbocycles. The second-order valence-electron chi connectivity index (χ2n) is 7.17. The summed E-state index contributed by atoms with van der Waals surface area (Å²) in [6, 6.07) is 15.7. The van der Waals surface area contributed by atoms with E-state index in [1.807, 2.05) is 27.6 Å². The third-order valence-corrected chi connectivity index (χ3v) is 5.41. The van der Waals surface area contributed by atoms with Crippen LogP contribution in [0.25, 0.3) is 22.6 Å². The second kappa shape index (κ2) is 7.61. The molecule has 3 heterocycles. The Balaban J connectivity index is 1.54. The molecule has 0 fully saturated rings. The van der Waals surface area contributed by atoms with E-state index in [-0.39, 0.29) is 5.97 Å². The molecule has 0 unspecified atom stereocenters. The maximum atomic E-state index is 11.7. The van der Waals surface area contributed by atoms with Crippen molar-refractivity contribution in [3.8, 4) is 22.6 Å². The number of carbonyl (C=O) groups is 1. The smallest absolute Gasteiger partial charge is 0.337 e. The molecular weight excluding hydrogens is 378 g/mol. The van der Waals surface area contributed by atoms with E-state index >= 15 is 0 Å². The van der Waals surface area contributed by atoms with Crippen molar-refractivity contribution in [3.63, 3.8) is 0 Å². The Morgan fingerprint density at radius 1 is 1.07 bits per heavy atom. The molecule has 1 aliphatic rings. The highest BCUT2D eigenvalue weighted by molar-refractivity contribution is 5.89. The first-order valence-corrected chi connectivity index (χ1v) is 9.83. The van der Waals surface area contributed by atoms with Gasteiger partial charge in [0.1, 0.15) is 0 Å². The van der Waals surface area contributed by atoms with Gasteiger partial charge in [0, 0.05) is 48.7 Å². The van der Waals surface area contributed by atoms with Crippen LogP contribution in [0.4, 0.5) is 0 Å². The number of benzene rings is 2. The van der Waals surface area contributed by atoms with Gasteiger partial charge in [-0.2, -0.15) is 5.10 Å². The number of methoxy groups -OCH3 is 1. The number of fused-ring (bicyclic) bond motifs is 1. The molecule has 2 aromatic carbocycles. The van der Waals surface area contributed by atoms with E-state index in [9.17, 15) is 4.79 Å². The molecule has 1 N–H and O–H groups in total. The number of imidazole rings is 1. The molecule has 30 heavy (non-hydrogen) atoms. The largest absolute Gasteiger partial charge is 0.465 e. The quantitative estimate of drug-likeness (QED) is 0.534. The van der Waals surface area contributed by atoms with E-state index in [0.29, 0.717) is 5.56 Å². The summed E-state index contributed by atoms with van der Waals surface area (Å²) in [5, 5.41) is 8.42. The van der Waals surface area contributed by atoms with Gasteiger partial charge in [0.15, 0.2) is 0 Å². The lowest BCUT2D eigenvalue weighted by atomic mass is 10.0. The summed E-state index contributed by atoms with van der Waals surface area (Å²) in [7, 11) is 1.39. The standard InChI is InChI=1S/C23H21N5O2/c1-30-23(29)17-4-8-19(9-5-17)28-21-10-11-24-14-20(21)22(26-28)16-2-6-18(7-3-16)27-13-12-25-15-27/h2-9,12-13,15,24H,10-11,14H2,1H3. The van der Waals surface area contributed by atoms with Gasteiger partial charge in [-0.15, -0.1) is 0 Å². The first-order valence-electron chi connectivity index (χ1n) is 9.83. The van der Waals surface area contributed by atoms with Crippen molar-refractivity contribution in [1.29, 1.82) is 0 Å². The van der Waals surface area contributed by atoms with Crippen LogP contribution in [0.5, 0.6) is 0 Å². The van der Waals surface area contributed by atoms with Gasteiger partial charge in [-0.1, -0.05) is 12.1 Å².